The standard InChI is InChI=1S/C9H10FNO3.BrH/c1-14-8-5(7(11)9(12)13)3-2-4-6(8)10;/h2-4,7H,11H2,1H3,(H,12,13);1H. The number of ether oxygens (including phenoxy) is 1. The lowest BCUT2D eigenvalue weighted by molar-refractivity contribution is -0.138. The molecule has 0 saturated heterocycles. The molecule has 1 aromatic carbocycles. The Hall–Kier alpha value is -1.14. The van der Waals surface area contributed by atoms with Gasteiger partial charge >= 0.3 is 5.97 Å². The van der Waals surface area contributed by atoms with Crippen LogP contribution in [0.5, 0.6) is 5.75 Å². The van der Waals surface area contributed by atoms with Gasteiger partial charge in [0.05, 0.1) is 7.11 Å². The Morgan fingerprint density at radius 2 is 2.20 bits per heavy atom. The van der Waals surface area contributed by atoms with Gasteiger partial charge in [0.25, 0.3) is 0 Å². The van der Waals surface area contributed by atoms with E-state index in [0.29, 0.717) is 0 Å². The summed E-state index contributed by atoms with van der Waals surface area (Å²) in [6.07, 6.45) is 0. The molecule has 15 heavy (non-hydrogen) atoms. The van der Waals surface area contributed by atoms with Crippen LogP contribution in [0.2, 0.25) is 0 Å². The van der Waals surface area contributed by atoms with E-state index in [1.165, 1.54) is 25.3 Å². The zero-order valence-corrected chi connectivity index (χ0v) is 9.65. The summed E-state index contributed by atoms with van der Waals surface area (Å²) < 4.78 is 17.8. The SMILES string of the molecule is Br.COc1c(F)cccc1C(N)C(=O)O. The number of carboxylic acid groups (broad SMARTS) is 1. The highest BCUT2D eigenvalue weighted by molar-refractivity contribution is 8.93. The van der Waals surface area contributed by atoms with Crippen LogP contribution < -0.4 is 10.5 Å². The maximum atomic E-state index is 13.1. The molecule has 1 unspecified atom stereocenters. The van der Waals surface area contributed by atoms with Gasteiger partial charge in [-0.1, -0.05) is 12.1 Å². The molecule has 84 valence electrons. The molecule has 0 aromatic heterocycles. The van der Waals surface area contributed by atoms with Gasteiger partial charge in [-0.3, -0.25) is 4.79 Å². The second-order valence-corrected chi connectivity index (χ2v) is 2.68. The molecule has 0 spiro atoms. The number of hydrogen-bond donors (Lipinski definition) is 2. The first kappa shape index (κ1) is 13.9. The molecule has 0 amide bonds. The van der Waals surface area contributed by atoms with Crippen molar-refractivity contribution in [1.82, 2.24) is 0 Å². The maximum absolute atomic E-state index is 13.1. The number of rotatable bonds is 3. The molecule has 1 atom stereocenters. The summed E-state index contributed by atoms with van der Waals surface area (Å²) in [5, 5.41) is 8.64. The molecule has 0 heterocycles. The second kappa shape index (κ2) is 5.67. The van der Waals surface area contributed by atoms with Crippen LogP contribution in [0.25, 0.3) is 0 Å². The third kappa shape index (κ3) is 2.90. The van der Waals surface area contributed by atoms with E-state index in [-0.39, 0.29) is 28.3 Å². The van der Waals surface area contributed by atoms with E-state index in [4.69, 9.17) is 15.6 Å². The van der Waals surface area contributed by atoms with E-state index in [0.717, 1.165) is 0 Å². The molecule has 4 nitrogen and oxygen atoms in total. The highest BCUT2D eigenvalue weighted by Gasteiger charge is 2.20. The summed E-state index contributed by atoms with van der Waals surface area (Å²) in [6, 6.07) is 2.70. The Kier molecular flexibility index (Phi) is 5.24. The zero-order chi connectivity index (χ0) is 10.7. The minimum Gasteiger partial charge on any atom is -0.493 e. The largest absolute Gasteiger partial charge is 0.493 e. The van der Waals surface area contributed by atoms with Gasteiger partial charge < -0.3 is 15.6 Å². The number of aliphatic carboxylic acids is 1. The van der Waals surface area contributed by atoms with Crippen molar-refractivity contribution < 1.29 is 19.0 Å². The smallest absolute Gasteiger partial charge is 0.325 e. The Bertz CT molecular complexity index is 359. The lowest BCUT2D eigenvalue weighted by Gasteiger charge is -2.12. The van der Waals surface area contributed by atoms with Gasteiger partial charge in [-0.15, -0.1) is 17.0 Å². The molecule has 3 N–H and O–H groups in total. The zero-order valence-electron chi connectivity index (χ0n) is 7.94. The molecule has 6 heteroatoms. The topological polar surface area (TPSA) is 72.5 Å². The summed E-state index contributed by atoms with van der Waals surface area (Å²) in [7, 11) is 1.26. The number of hydrogen-bond acceptors (Lipinski definition) is 3. The normalized spacial score (nSPS) is 11.4. The van der Waals surface area contributed by atoms with E-state index in [1.807, 2.05) is 0 Å². The van der Waals surface area contributed by atoms with Gasteiger partial charge in [0.1, 0.15) is 6.04 Å². The number of para-hydroxylation sites is 1. The Labute approximate surface area is 96.6 Å². The highest BCUT2D eigenvalue weighted by Crippen LogP contribution is 2.26. The van der Waals surface area contributed by atoms with Gasteiger partial charge in [-0.2, -0.15) is 0 Å². The van der Waals surface area contributed by atoms with E-state index in [9.17, 15) is 9.18 Å². The van der Waals surface area contributed by atoms with Gasteiger partial charge in [0, 0.05) is 5.56 Å². The lowest BCUT2D eigenvalue weighted by Crippen LogP contribution is -2.21. The summed E-state index contributed by atoms with van der Waals surface area (Å²) in [6.45, 7) is 0. The van der Waals surface area contributed by atoms with Crippen molar-refractivity contribution in [3.05, 3.63) is 29.6 Å². The molecular formula is C9H11BrFNO3. The molecule has 1 rings (SSSR count). The van der Waals surface area contributed by atoms with Crippen molar-refractivity contribution in [2.45, 2.75) is 6.04 Å². The summed E-state index contributed by atoms with van der Waals surface area (Å²) >= 11 is 0. The quantitative estimate of drug-likeness (QED) is 0.880. The molecular weight excluding hydrogens is 269 g/mol. The van der Waals surface area contributed by atoms with E-state index in [2.05, 4.69) is 0 Å². The number of nitrogens with two attached hydrogens (primary N) is 1. The molecule has 0 radical (unpaired) electrons. The minimum absolute atomic E-state index is 0. The fourth-order valence-corrected chi connectivity index (χ4v) is 1.12. The first-order valence-electron chi connectivity index (χ1n) is 3.88. The number of halogens is 2. The van der Waals surface area contributed by atoms with Gasteiger partial charge in [-0.25, -0.2) is 4.39 Å². The number of carbonyl (C=O) groups is 1. The average molecular weight is 280 g/mol. The summed E-state index contributed by atoms with van der Waals surface area (Å²) in [5.41, 5.74) is 5.46. The van der Waals surface area contributed by atoms with Crippen LogP contribution in [-0.2, 0) is 4.79 Å². The summed E-state index contributed by atoms with van der Waals surface area (Å²) in [5.74, 6) is -1.97. The lowest BCUT2D eigenvalue weighted by atomic mass is 10.1. The van der Waals surface area contributed by atoms with E-state index in [1.54, 1.807) is 0 Å². The first-order valence-corrected chi connectivity index (χ1v) is 3.88. The number of carboxylic acids is 1. The molecule has 0 aliphatic rings. The predicted molar refractivity (Wildman–Crippen MR) is 57.8 cm³/mol. The Balaban J connectivity index is 0.00000196. The first-order chi connectivity index (χ1) is 6.57. The van der Waals surface area contributed by atoms with Crippen molar-refractivity contribution >= 4 is 23.0 Å². The monoisotopic (exact) mass is 279 g/mol. The van der Waals surface area contributed by atoms with Crippen molar-refractivity contribution in [2.75, 3.05) is 7.11 Å². The van der Waals surface area contributed by atoms with Crippen LogP contribution in [0, 0.1) is 5.82 Å². The van der Waals surface area contributed by atoms with Crippen LogP contribution in [0.3, 0.4) is 0 Å². The van der Waals surface area contributed by atoms with Crippen molar-refractivity contribution in [3.8, 4) is 5.75 Å². The number of benzene rings is 1. The number of methoxy groups -OCH3 is 1. The third-order valence-electron chi connectivity index (χ3n) is 1.80. The fourth-order valence-electron chi connectivity index (χ4n) is 1.12. The average Bonchev–Trinajstić information content (AvgIpc) is 2.16. The van der Waals surface area contributed by atoms with Crippen molar-refractivity contribution in [1.29, 1.82) is 0 Å². The maximum Gasteiger partial charge on any atom is 0.325 e. The van der Waals surface area contributed by atoms with Crippen LogP contribution in [0.15, 0.2) is 18.2 Å². The van der Waals surface area contributed by atoms with E-state index < -0.39 is 17.8 Å². The molecule has 1 aromatic rings. The van der Waals surface area contributed by atoms with Crippen molar-refractivity contribution in [2.24, 2.45) is 5.73 Å². The second-order valence-electron chi connectivity index (χ2n) is 2.68. The van der Waals surface area contributed by atoms with Crippen molar-refractivity contribution in [3.63, 3.8) is 0 Å². The fraction of sp³-hybridized carbons (Fsp3) is 0.222. The third-order valence-corrected chi connectivity index (χ3v) is 1.80. The molecule has 0 fully saturated rings. The Morgan fingerprint density at radius 3 is 2.67 bits per heavy atom. The molecule has 0 aliphatic carbocycles. The van der Waals surface area contributed by atoms with Gasteiger partial charge in [-0.05, 0) is 6.07 Å². The van der Waals surface area contributed by atoms with Crippen LogP contribution in [0.1, 0.15) is 11.6 Å². The van der Waals surface area contributed by atoms with Gasteiger partial charge in [0.15, 0.2) is 11.6 Å². The molecule has 0 saturated carbocycles. The minimum atomic E-state index is -1.28. The van der Waals surface area contributed by atoms with Crippen LogP contribution in [0.4, 0.5) is 4.39 Å². The Morgan fingerprint density at radius 1 is 1.60 bits per heavy atom. The van der Waals surface area contributed by atoms with Crippen LogP contribution >= 0.6 is 17.0 Å². The summed E-state index contributed by atoms with van der Waals surface area (Å²) in [4.78, 5) is 10.6. The van der Waals surface area contributed by atoms with E-state index >= 15 is 0 Å². The molecule has 0 bridgehead atoms. The van der Waals surface area contributed by atoms with Crippen LogP contribution in [-0.4, -0.2) is 18.2 Å². The predicted octanol–water partition coefficient (Wildman–Crippen LogP) is 1.50. The van der Waals surface area contributed by atoms with Gasteiger partial charge in [0.2, 0.25) is 0 Å². The highest BCUT2D eigenvalue weighted by atomic mass is 79.9. The molecule has 0 aliphatic heterocycles.